The van der Waals surface area contributed by atoms with Crippen LogP contribution in [0.25, 0.3) is 0 Å². The van der Waals surface area contributed by atoms with Crippen LogP contribution in [0.1, 0.15) is 46.5 Å². The summed E-state index contributed by atoms with van der Waals surface area (Å²) in [5.74, 6) is 0.727. The van der Waals surface area contributed by atoms with Gasteiger partial charge in [-0.1, -0.05) is 33.6 Å². The molecule has 68 valence electrons. The van der Waals surface area contributed by atoms with Crippen molar-refractivity contribution in [2.24, 2.45) is 5.92 Å². The Kier molecular flexibility index (Phi) is 6.63. The molecule has 1 nitrogen and oxygen atoms in total. The lowest BCUT2D eigenvalue weighted by Crippen LogP contribution is -2.19. The fourth-order valence-corrected chi connectivity index (χ4v) is 1.51. The molecule has 2 atom stereocenters. The van der Waals surface area contributed by atoms with Crippen LogP contribution < -0.4 is 0 Å². The van der Waals surface area contributed by atoms with E-state index in [4.69, 9.17) is 4.74 Å². The Bertz CT molecular complexity index is 76.9. The number of hydrogen-bond donors (Lipinski definition) is 0. The molecule has 0 aliphatic carbocycles. The summed E-state index contributed by atoms with van der Waals surface area (Å²) < 4.78 is 5.36. The third-order valence-electron chi connectivity index (χ3n) is 2.35. The van der Waals surface area contributed by atoms with Crippen LogP contribution >= 0.6 is 0 Å². The molecule has 0 aromatic rings. The minimum absolute atomic E-state index is 0.474. The highest BCUT2D eigenvalue weighted by Crippen LogP contribution is 2.16. The van der Waals surface area contributed by atoms with Crippen molar-refractivity contribution >= 4 is 0 Å². The molecule has 0 saturated heterocycles. The molecule has 0 heterocycles. The SMILES string of the molecule is CCCCC(C)C(CC)OC. The number of rotatable bonds is 6. The largest absolute Gasteiger partial charge is 0.381 e. The second-order valence-corrected chi connectivity index (χ2v) is 3.30. The first-order chi connectivity index (χ1) is 5.26. The molecule has 0 amide bonds. The third kappa shape index (κ3) is 4.41. The highest BCUT2D eigenvalue weighted by molar-refractivity contribution is 4.63. The highest BCUT2D eigenvalue weighted by atomic mass is 16.5. The fraction of sp³-hybridized carbons (Fsp3) is 1.00. The van der Waals surface area contributed by atoms with E-state index in [2.05, 4.69) is 20.8 Å². The van der Waals surface area contributed by atoms with Gasteiger partial charge in [0.2, 0.25) is 0 Å². The molecule has 1 heteroatoms. The third-order valence-corrected chi connectivity index (χ3v) is 2.35. The summed E-state index contributed by atoms with van der Waals surface area (Å²) in [7, 11) is 1.82. The van der Waals surface area contributed by atoms with Crippen molar-refractivity contribution in [2.45, 2.75) is 52.6 Å². The lowest BCUT2D eigenvalue weighted by molar-refractivity contribution is 0.0517. The number of unbranched alkanes of at least 4 members (excludes halogenated alkanes) is 1. The van der Waals surface area contributed by atoms with Crippen LogP contribution in [0.15, 0.2) is 0 Å². The first kappa shape index (κ1) is 11.0. The smallest absolute Gasteiger partial charge is 0.0594 e. The minimum atomic E-state index is 0.474. The summed E-state index contributed by atoms with van der Waals surface area (Å²) in [5.41, 5.74) is 0. The Morgan fingerprint density at radius 3 is 2.27 bits per heavy atom. The van der Waals surface area contributed by atoms with Crippen molar-refractivity contribution in [2.75, 3.05) is 7.11 Å². The van der Waals surface area contributed by atoms with Gasteiger partial charge in [0.1, 0.15) is 0 Å². The summed E-state index contributed by atoms with van der Waals surface area (Å²) in [6.45, 7) is 6.71. The van der Waals surface area contributed by atoms with Gasteiger partial charge in [-0.3, -0.25) is 0 Å². The lowest BCUT2D eigenvalue weighted by atomic mass is 9.96. The van der Waals surface area contributed by atoms with Crippen molar-refractivity contribution in [3.05, 3.63) is 0 Å². The molecule has 0 aromatic heterocycles. The Hall–Kier alpha value is -0.0400. The fourth-order valence-electron chi connectivity index (χ4n) is 1.51. The van der Waals surface area contributed by atoms with E-state index < -0.39 is 0 Å². The second-order valence-electron chi connectivity index (χ2n) is 3.30. The number of hydrogen-bond acceptors (Lipinski definition) is 1. The van der Waals surface area contributed by atoms with Crippen molar-refractivity contribution in [1.82, 2.24) is 0 Å². The Balaban J connectivity index is 3.51. The Morgan fingerprint density at radius 2 is 1.91 bits per heavy atom. The Labute approximate surface area is 71.1 Å². The zero-order valence-corrected chi connectivity index (χ0v) is 8.39. The van der Waals surface area contributed by atoms with Crippen molar-refractivity contribution < 1.29 is 4.74 Å². The maximum Gasteiger partial charge on any atom is 0.0594 e. The molecule has 0 bridgehead atoms. The van der Waals surface area contributed by atoms with Gasteiger partial charge in [0, 0.05) is 7.11 Å². The second kappa shape index (κ2) is 6.66. The molecule has 0 radical (unpaired) electrons. The Morgan fingerprint density at radius 1 is 1.27 bits per heavy atom. The maximum atomic E-state index is 5.36. The van der Waals surface area contributed by atoms with Crippen LogP contribution in [0.3, 0.4) is 0 Å². The molecular formula is C10H22O. The molecule has 0 N–H and O–H groups in total. The average molecular weight is 158 g/mol. The van der Waals surface area contributed by atoms with Crippen LogP contribution in [0.2, 0.25) is 0 Å². The van der Waals surface area contributed by atoms with E-state index in [1.165, 1.54) is 19.3 Å². The van der Waals surface area contributed by atoms with Gasteiger partial charge in [0.05, 0.1) is 6.10 Å². The van der Waals surface area contributed by atoms with E-state index in [0.29, 0.717) is 6.10 Å². The summed E-state index contributed by atoms with van der Waals surface area (Å²) in [6, 6.07) is 0. The van der Waals surface area contributed by atoms with Crippen molar-refractivity contribution in [3.8, 4) is 0 Å². The standard InChI is InChI=1S/C10H22O/c1-5-7-8-9(3)10(6-2)11-4/h9-10H,5-8H2,1-4H3. The van der Waals surface area contributed by atoms with Crippen molar-refractivity contribution in [1.29, 1.82) is 0 Å². The van der Waals surface area contributed by atoms with Gasteiger partial charge in [-0.2, -0.15) is 0 Å². The van der Waals surface area contributed by atoms with E-state index in [0.717, 1.165) is 12.3 Å². The first-order valence-electron chi connectivity index (χ1n) is 4.79. The summed E-state index contributed by atoms with van der Waals surface area (Å²) in [5, 5.41) is 0. The summed E-state index contributed by atoms with van der Waals surface area (Å²) >= 11 is 0. The van der Waals surface area contributed by atoms with E-state index in [-0.39, 0.29) is 0 Å². The predicted octanol–water partition coefficient (Wildman–Crippen LogP) is 3.24. The number of methoxy groups -OCH3 is 1. The van der Waals surface area contributed by atoms with E-state index >= 15 is 0 Å². The van der Waals surface area contributed by atoms with Crippen LogP contribution in [-0.2, 0) is 4.74 Å². The van der Waals surface area contributed by atoms with Gasteiger partial charge in [-0.05, 0) is 18.8 Å². The molecule has 0 spiro atoms. The first-order valence-corrected chi connectivity index (χ1v) is 4.79. The number of ether oxygens (including phenoxy) is 1. The van der Waals surface area contributed by atoms with E-state index in [1.807, 2.05) is 7.11 Å². The molecular weight excluding hydrogens is 136 g/mol. The molecule has 0 aliphatic heterocycles. The van der Waals surface area contributed by atoms with Crippen LogP contribution in [0.5, 0.6) is 0 Å². The van der Waals surface area contributed by atoms with Gasteiger partial charge in [-0.15, -0.1) is 0 Å². The van der Waals surface area contributed by atoms with Crippen LogP contribution in [0.4, 0.5) is 0 Å². The van der Waals surface area contributed by atoms with Gasteiger partial charge < -0.3 is 4.74 Å². The quantitative estimate of drug-likeness (QED) is 0.576. The normalized spacial score (nSPS) is 16.4. The average Bonchev–Trinajstić information content (AvgIpc) is 2.03. The zero-order valence-electron chi connectivity index (χ0n) is 8.39. The van der Waals surface area contributed by atoms with Gasteiger partial charge in [0.25, 0.3) is 0 Å². The van der Waals surface area contributed by atoms with E-state index in [9.17, 15) is 0 Å². The zero-order chi connectivity index (χ0) is 8.69. The molecule has 0 fully saturated rings. The van der Waals surface area contributed by atoms with Crippen LogP contribution in [0, 0.1) is 5.92 Å². The predicted molar refractivity (Wildman–Crippen MR) is 49.8 cm³/mol. The molecule has 2 unspecified atom stereocenters. The van der Waals surface area contributed by atoms with E-state index in [1.54, 1.807) is 0 Å². The van der Waals surface area contributed by atoms with Crippen molar-refractivity contribution in [3.63, 3.8) is 0 Å². The lowest BCUT2D eigenvalue weighted by Gasteiger charge is -2.20. The molecule has 11 heavy (non-hydrogen) atoms. The molecule has 0 saturated carbocycles. The van der Waals surface area contributed by atoms with Gasteiger partial charge in [0.15, 0.2) is 0 Å². The highest BCUT2D eigenvalue weighted by Gasteiger charge is 2.12. The topological polar surface area (TPSA) is 9.23 Å². The summed E-state index contributed by atoms with van der Waals surface area (Å²) in [6.07, 6.45) is 5.55. The minimum Gasteiger partial charge on any atom is -0.381 e. The maximum absolute atomic E-state index is 5.36. The molecule has 0 aromatic carbocycles. The molecule has 0 aliphatic rings. The monoisotopic (exact) mass is 158 g/mol. The van der Waals surface area contributed by atoms with Gasteiger partial charge >= 0.3 is 0 Å². The van der Waals surface area contributed by atoms with Crippen LogP contribution in [-0.4, -0.2) is 13.2 Å². The molecule has 0 rings (SSSR count). The summed E-state index contributed by atoms with van der Waals surface area (Å²) in [4.78, 5) is 0. The van der Waals surface area contributed by atoms with Gasteiger partial charge in [-0.25, -0.2) is 0 Å².